The molecule has 3 amide bonds. The van der Waals surface area contributed by atoms with Gasteiger partial charge in [0.1, 0.15) is 18.7 Å². The van der Waals surface area contributed by atoms with Gasteiger partial charge in [-0.1, -0.05) is 29.4 Å². The van der Waals surface area contributed by atoms with Gasteiger partial charge in [-0.05, 0) is 25.0 Å². The Balaban J connectivity index is 2.30. The number of aliphatic carboxylic acids is 1. The standard InChI is InChI=1S/C16H19N3O5/c1-4-24-17-9-11-5-7-12(8-6-11)16(2)14(22)19(10-13(20)21)15(23)18(16)3/h5-9H,4,10H2,1-3H3,(H,20,21)/t16-/m0/s1. The lowest BCUT2D eigenvalue weighted by Gasteiger charge is -2.29. The highest BCUT2D eigenvalue weighted by Crippen LogP contribution is 2.35. The Morgan fingerprint density at radius 3 is 2.50 bits per heavy atom. The van der Waals surface area contributed by atoms with Crippen molar-refractivity contribution in [2.45, 2.75) is 19.4 Å². The van der Waals surface area contributed by atoms with Gasteiger partial charge in [0.25, 0.3) is 5.91 Å². The molecule has 0 spiro atoms. The first-order valence-electron chi connectivity index (χ1n) is 7.39. The van der Waals surface area contributed by atoms with Crippen LogP contribution < -0.4 is 0 Å². The molecule has 1 heterocycles. The predicted octanol–water partition coefficient (Wildman–Crippen LogP) is 1.25. The molecule has 8 nitrogen and oxygen atoms in total. The van der Waals surface area contributed by atoms with Crippen LogP contribution in [0.4, 0.5) is 4.79 Å². The van der Waals surface area contributed by atoms with Crippen LogP contribution in [0.25, 0.3) is 0 Å². The highest BCUT2D eigenvalue weighted by atomic mass is 16.6. The summed E-state index contributed by atoms with van der Waals surface area (Å²) in [5.41, 5.74) is 0.115. The van der Waals surface area contributed by atoms with E-state index in [9.17, 15) is 14.4 Å². The molecule has 0 radical (unpaired) electrons. The smallest absolute Gasteiger partial charge is 0.328 e. The maximum Gasteiger partial charge on any atom is 0.328 e. The average Bonchev–Trinajstić information content (AvgIpc) is 2.72. The zero-order valence-electron chi connectivity index (χ0n) is 13.7. The van der Waals surface area contributed by atoms with Gasteiger partial charge in [0.2, 0.25) is 0 Å². The van der Waals surface area contributed by atoms with Gasteiger partial charge >= 0.3 is 12.0 Å². The maximum absolute atomic E-state index is 12.6. The third-order valence-electron chi connectivity index (χ3n) is 4.02. The van der Waals surface area contributed by atoms with Crippen LogP contribution in [0.2, 0.25) is 0 Å². The van der Waals surface area contributed by atoms with E-state index < -0.39 is 30.0 Å². The van der Waals surface area contributed by atoms with E-state index in [1.807, 2.05) is 6.92 Å². The first-order chi connectivity index (χ1) is 11.3. The Hall–Kier alpha value is -2.90. The molecule has 24 heavy (non-hydrogen) atoms. The molecule has 1 fully saturated rings. The van der Waals surface area contributed by atoms with Crippen molar-refractivity contribution in [2.75, 3.05) is 20.2 Å². The number of oxime groups is 1. The lowest BCUT2D eigenvalue weighted by atomic mass is 9.90. The Bertz CT molecular complexity index is 685. The molecular weight excluding hydrogens is 314 g/mol. The number of imide groups is 1. The second-order valence-corrected chi connectivity index (χ2v) is 5.47. The number of carbonyl (C=O) groups excluding carboxylic acids is 2. The third-order valence-corrected chi connectivity index (χ3v) is 4.02. The van der Waals surface area contributed by atoms with Gasteiger partial charge in [-0.15, -0.1) is 0 Å². The van der Waals surface area contributed by atoms with Crippen LogP contribution >= 0.6 is 0 Å². The van der Waals surface area contributed by atoms with Gasteiger partial charge in [0.15, 0.2) is 0 Å². The van der Waals surface area contributed by atoms with Gasteiger partial charge in [-0.2, -0.15) is 0 Å². The normalized spacial score (nSPS) is 21.0. The minimum absolute atomic E-state index is 0.466. The zero-order chi connectivity index (χ0) is 17.9. The number of rotatable bonds is 6. The Morgan fingerprint density at radius 2 is 1.96 bits per heavy atom. The molecule has 1 saturated heterocycles. The van der Waals surface area contributed by atoms with Crippen molar-refractivity contribution in [3.8, 4) is 0 Å². The summed E-state index contributed by atoms with van der Waals surface area (Å²) in [6, 6.07) is 6.27. The molecule has 0 aromatic heterocycles. The number of urea groups is 1. The van der Waals surface area contributed by atoms with Gasteiger partial charge in [0.05, 0.1) is 6.21 Å². The third kappa shape index (κ3) is 2.94. The van der Waals surface area contributed by atoms with Crippen LogP contribution in [0.5, 0.6) is 0 Å². The van der Waals surface area contributed by atoms with Crippen molar-refractivity contribution in [2.24, 2.45) is 5.16 Å². The minimum Gasteiger partial charge on any atom is -0.480 e. The summed E-state index contributed by atoms with van der Waals surface area (Å²) in [6.45, 7) is 3.23. The summed E-state index contributed by atoms with van der Waals surface area (Å²) in [6.07, 6.45) is 1.54. The Labute approximate surface area is 139 Å². The van der Waals surface area contributed by atoms with Crippen molar-refractivity contribution < 1.29 is 24.3 Å². The zero-order valence-corrected chi connectivity index (χ0v) is 13.7. The highest BCUT2D eigenvalue weighted by molar-refractivity contribution is 6.08. The molecular formula is C16H19N3O5. The summed E-state index contributed by atoms with van der Waals surface area (Å²) < 4.78 is 0. The molecule has 1 aromatic rings. The number of likely N-dealkylation sites (N-methyl/N-ethyl adjacent to an activating group) is 1. The summed E-state index contributed by atoms with van der Waals surface area (Å²) in [5, 5.41) is 12.6. The van der Waals surface area contributed by atoms with Crippen LogP contribution in [0.15, 0.2) is 29.4 Å². The van der Waals surface area contributed by atoms with E-state index in [-0.39, 0.29) is 0 Å². The van der Waals surface area contributed by atoms with Crippen molar-refractivity contribution in [3.05, 3.63) is 35.4 Å². The number of carboxylic acid groups (broad SMARTS) is 1. The van der Waals surface area contributed by atoms with E-state index >= 15 is 0 Å². The van der Waals surface area contributed by atoms with Crippen molar-refractivity contribution in [3.63, 3.8) is 0 Å². The van der Waals surface area contributed by atoms with E-state index in [0.717, 1.165) is 10.5 Å². The topological polar surface area (TPSA) is 99.5 Å². The number of benzene rings is 1. The summed E-state index contributed by atoms with van der Waals surface area (Å²) in [7, 11) is 1.48. The van der Waals surface area contributed by atoms with Crippen LogP contribution in [-0.4, -0.2) is 59.2 Å². The predicted molar refractivity (Wildman–Crippen MR) is 85.5 cm³/mol. The fourth-order valence-electron chi connectivity index (χ4n) is 2.52. The minimum atomic E-state index is -1.25. The van der Waals surface area contributed by atoms with Crippen LogP contribution in [0.1, 0.15) is 25.0 Å². The van der Waals surface area contributed by atoms with Crippen molar-refractivity contribution in [1.82, 2.24) is 9.80 Å². The first-order valence-corrected chi connectivity index (χ1v) is 7.39. The molecule has 0 unspecified atom stereocenters. The summed E-state index contributed by atoms with van der Waals surface area (Å²) in [5.74, 6) is -1.80. The van der Waals surface area contributed by atoms with Crippen LogP contribution in [-0.2, 0) is 20.0 Å². The molecule has 0 saturated carbocycles. The number of amides is 3. The Morgan fingerprint density at radius 1 is 1.33 bits per heavy atom. The van der Waals surface area contributed by atoms with Gasteiger partial charge in [-0.25, -0.2) is 4.79 Å². The number of hydrogen-bond donors (Lipinski definition) is 1. The molecule has 1 aromatic carbocycles. The number of nitrogens with zero attached hydrogens (tertiary/aromatic N) is 3. The molecule has 8 heteroatoms. The lowest BCUT2D eigenvalue weighted by molar-refractivity contribution is -0.143. The first kappa shape index (κ1) is 17.5. The number of carbonyl (C=O) groups is 3. The fraction of sp³-hybridized carbons (Fsp3) is 0.375. The van der Waals surface area contributed by atoms with Gasteiger partial charge in [0, 0.05) is 7.05 Å². The molecule has 1 atom stereocenters. The summed E-state index contributed by atoms with van der Waals surface area (Å²) in [4.78, 5) is 42.6. The van der Waals surface area contributed by atoms with E-state index in [1.54, 1.807) is 31.2 Å². The van der Waals surface area contributed by atoms with E-state index in [4.69, 9.17) is 9.94 Å². The van der Waals surface area contributed by atoms with E-state index in [0.29, 0.717) is 12.2 Å². The lowest BCUT2D eigenvalue weighted by Crippen LogP contribution is -2.42. The highest BCUT2D eigenvalue weighted by Gasteiger charge is 2.53. The number of hydrogen-bond acceptors (Lipinski definition) is 5. The molecule has 128 valence electrons. The second kappa shape index (κ2) is 6.69. The maximum atomic E-state index is 12.6. The largest absolute Gasteiger partial charge is 0.480 e. The van der Waals surface area contributed by atoms with E-state index in [1.165, 1.54) is 18.2 Å². The number of carboxylic acids is 1. The molecule has 1 aliphatic heterocycles. The Kier molecular flexibility index (Phi) is 4.87. The van der Waals surface area contributed by atoms with Crippen molar-refractivity contribution in [1.29, 1.82) is 0 Å². The molecule has 1 aliphatic rings. The average molecular weight is 333 g/mol. The quantitative estimate of drug-likeness (QED) is 0.480. The van der Waals surface area contributed by atoms with Crippen molar-refractivity contribution >= 4 is 24.1 Å². The monoisotopic (exact) mass is 333 g/mol. The molecule has 1 N–H and O–H groups in total. The van der Waals surface area contributed by atoms with Gasteiger partial charge < -0.3 is 14.8 Å². The summed E-state index contributed by atoms with van der Waals surface area (Å²) >= 11 is 0. The van der Waals surface area contributed by atoms with Gasteiger partial charge in [-0.3, -0.25) is 14.5 Å². The van der Waals surface area contributed by atoms with Crippen LogP contribution in [0.3, 0.4) is 0 Å². The second-order valence-electron chi connectivity index (χ2n) is 5.47. The van der Waals surface area contributed by atoms with Crippen LogP contribution in [0, 0.1) is 0 Å². The molecule has 2 rings (SSSR count). The molecule has 0 aliphatic carbocycles. The van der Waals surface area contributed by atoms with E-state index in [2.05, 4.69) is 5.16 Å². The molecule has 0 bridgehead atoms. The fourth-order valence-corrected chi connectivity index (χ4v) is 2.52. The SMILES string of the molecule is CCON=Cc1ccc([C@@]2(C)C(=O)N(CC(=O)O)C(=O)N2C)cc1.